The van der Waals surface area contributed by atoms with Gasteiger partial charge in [0, 0.05) is 30.1 Å². The van der Waals surface area contributed by atoms with Crippen LogP contribution in [0.5, 0.6) is 5.75 Å². The number of rotatable bonds is 7. The highest BCUT2D eigenvalue weighted by Crippen LogP contribution is 2.23. The molecule has 0 atom stereocenters. The molecule has 0 bridgehead atoms. The average molecular weight is 349 g/mol. The first-order valence-corrected chi connectivity index (χ1v) is 9.06. The summed E-state index contributed by atoms with van der Waals surface area (Å²) in [4.78, 5) is 8.90. The Bertz CT molecular complexity index is 755. The zero-order valence-corrected chi connectivity index (χ0v) is 14.2. The summed E-state index contributed by atoms with van der Waals surface area (Å²) < 4.78 is 20.5. The van der Waals surface area contributed by atoms with Gasteiger partial charge in [-0.1, -0.05) is 11.8 Å². The molecule has 0 aliphatic heterocycles. The Morgan fingerprint density at radius 3 is 2.91 bits per heavy atom. The first kappa shape index (κ1) is 16.0. The van der Waals surface area contributed by atoms with E-state index in [-0.39, 0.29) is 5.82 Å². The van der Waals surface area contributed by atoms with E-state index in [1.807, 2.05) is 17.8 Å². The van der Waals surface area contributed by atoms with Gasteiger partial charge in [0.1, 0.15) is 23.2 Å². The van der Waals surface area contributed by atoms with E-state index in [1.54, 1.807) is 35.2 Å². The van der Waals surface area contributed by atoms with Crippen molar-refractivity contribution in [1.82, 2.24) is 14.5 Å². The van der Waals surface area contributed by atoms with Crippen LogP contribution in [0.3, 0.4) is 0 Å². The molecule has 3 aromatic rings. The molecular formula is C16H16FN3OS2. The van der Waals surface area contributed by atoms with Gasteiger partial charge in [0.15, 0.2) is 5.16 Å². The molecule has 0 N–H and O–H groups in total. The average Bonchev–Trinajstić information content (AvgIpc) is 3.21. The third-order valence-corrected chi connectivity index (χ3v) is 5.05. The van der Waals surface area contributed by atoms with Crippen molar-refractivity contribution in [2.24, 2.45) is 0 Å². The molecule has 1 aromatic carbocycles. The Kier molecular flexibility index (Phi) is 5.30. The second-order valence-electron chi connectivity index (χ2n) is 4.76. The molecule has 0 spiro atoms. The van der Waals surface area contributed by atoms with Crippen molar-refractivity contribution >= 4 is 23.1 Å². The predicted octanol–water partition coefficient (Wildman–Crippen LogP) is 4.37. The van der Waals surface area contributed by atoms with Gasteiger partial charge in [-0.25, -0.2) is 14.4 Å². The molecule has 0 unspecified atom stereocenters. The third kappa shape index (κ3) is 4.33. The van der Waals surface area contributed by atoms with Crippen molar-refractivity contribution < 1.29 is 9.13 Å². The van der Waals surface area contributed by atoms with Crippen LogP contribution < -0.4 is 4.74 Å². The molecule has 3 rings (SSSR count). The highest BCUT2D eigenvalue weighted by molar-refractivity contribution is 7.98. The van der Waals surface area contributed by atoms with Crippen LogP contribution in [0.15, 0.2) is 47.2 Å². The Hall–Kier alpha value is -1.86. The van der Waals surface area contributed by atoms with Crippen molar-refractivity contribution in [2.75, 3.05) is 0 Å². The second kappa shape index (κ2) is 7.61. The van der Waals surface area contributed by atoms with Crippen LogP contribution in [0.2, 0.25) is 0 Å². The number of hydrogen-bond donors (Lipinski definition) is 0. The topological polar surface area (TPSA) is 39.9 Å². The van der Waals surface area contributed by atoms with Gasteiger partial charge in [-0.05, 0) is 31.2 Å². The second-order valence-corrected chi connectivity index (χ2v) is 6.64. The molecule has 23 heavy (non-hydrogen) atoms. The fraction of sp³-hybridized carbons (Fsp3) is 0.250. The summed E-state index contributed by atoms with van der Waals surface area (Å²) in [5.74, 6) is 1.16. The normalized spacial score (nSPS) is 10.9. The molecule has 0 fully saturated rings. The number of aryl methyl sites for hydroxylation is 1. The van der Waals surface area contributed by atoms with Crippen LogP contribution in [0.4, 0.5) is 4.39 Å². The fourth-order valence-electron chi connectivity index (χ4n) is 1.97. The van der Waals surface area contributed by atoms with E-state index in [9.17, 15) is 4.39 Å². The maximum absolute atomic E-state index is 12.8. The molecule has 0 radical (unpaired) electrons. The number of nitrogens with zero attached hydrogens (tertiary/aromatic N) is 3. The predicted molar refractivity (Wildman–Crippen MR) is 90.3 cm³/mol. The van der Waals surface area contributed by atoms with Crippen molar-refractivity contribution in [3.05, 3.63) is 58.6 Å². The highest BCUT2D eigenvalue weighted by Gasteiger charge is 2.07. The highest BCUT2D eigenvalue weighted by atomic mass is 32.2. The van der Waals surface area contributed by atoms with Gasteiger partial charge in [-0.3, -0.25) is 0 Å². The first-order valence-electron chi connectivity index (χ1n) is 7.20. The van der Waals surface area contributed by atoms with E-state index in [0.717, 1.165) is 28.2 Å². The Balaban J connectivity index is 1.52. The van der Waals surface area contributed by atoms with Gasteiger partial charge in [-0.2, -0.15) is 0 Å². The molecule has 0 aliphatic carbocycles. The monoisotopic (exact) mass is 349 g/mol. The summed E-state index contributed by atoms with van der Waals surface area (Å²) in [6, 6.07) is 6.00. The largest absolute Gasteiger partial charge is 0.486 e. The number of aromatic nitrogens is 3. The van der Waals surface area contributed by atoms with Gasteiger partial charge >= 0.3 is 0 Å². The fourth-order valence-corrected chi connectivity index (χ4v) is 3.70. The molecule has 0 aliphatic rings. The quantitative estimate of drug-likeness (QED) is 0.594. The van der Waals surface area contributed by atoms with Crippen molar-refractivity contribution in [2.45, 2.75) is 31.0 Å². The van der Waals surface area contributed by atoms with E-state index in [2.05, 4.69) is 21.5 Å². The number of ether oxygens (including phenoxy) is 1. The number of hydrogen-bond acceptors (Lipinski definition) is 5. The van der Waals surface area contributed by atoms with E-state index >= 15 is 0 Å². The van der Waals surface area contributed by atoms with Crippen molar-refractivity contribution in [3.63, 3.8) is 0 Å². The standard InChI is InChI=1S/C16H16FN3OS2/c1-2-20-8-7-18-16(20)23-11-13-10-22-15(19-13)9-21-14-5-3-12(17)4-6-14/h3-8,10H,2,9,11H2,1H3. The van der Waals surface area contributed by atoms with Gasteiger partial charge in [0.05, 0.1) is 5.69 Å². The summed E-state index contributed by atoms with van der Waals surface area (Å²) in [6.07, 6.45) is 3.79. The van der Waals surface area contributed by atoms with E-state index in [4.69, 9.17) is 4.74 Å². The minimum absolute atomic E-state index is 0.267. The Morgan fingerprint density at radius 2 is 2.13 bits per heavy atom. The number of thiazole rings is 1. The number of benzene rings is 1. The summed E-state index contributed by atoms with van der Waals surface area (Å²) in [7, 11) is 0. The zero-order valence-electron chi connectivity index (χ0n) is 12.6. The lowest BCUT2D eigenvalue weighted by atomic mass is 10.3. The van der Waals surface area contributed by atoms with Gasteiger partial charge in [-0.15, -0.1) is 11.3 Å². The first-order chi connectivity index (χ1) is 11.2. The number of thioether (sulfide) groups is 1. The van der Waals surface area contributed by atoms with E-state index in [0.29, 0.717) is 12.4 Å². The molecule has 2 aromatic heterocycles. The molecule has 0 saturated heterocycles. The van der Waals surface area contributed by atoms with Gasteiger partial charge < -0.3 is 9.30 Å². The summed E-state index contributed by atoms with van der Waals surface area (Å²) in [5, 5.41) is 3.95. The van der Waals surface area contributed by atoms with Crippen molar-refractivity contribution in [1.29, 1.82) is 0 Å². The summed E-state index contributed by atoms with van der Waals surface area (Å²) >= 11 is 3.24. The molecular weight excluding hydrogens is 333 g/mol. The molecule has 2 heterocycles. The molecule has 4 nitrogen and oxygen atoms in total. The molecule has 0 amide bonds. The van der Waals surface area contributed by atoms with Crippen LogP contribution in [-0.2, 0) is 18.9 Å². The summed E-state index contributed by atoms with van der Waals surface area (Å²) in [5.41, 5.74) is 1.02. The van der Waals surface area contributed by atoms with Crippen LogP contribution in [0, 0.1) is 5.82 Å². The Labute approximate surface area is 142 Å². The van der Waals surface area contributed by atoms with Gasteiger partial charge in [0.2, 0.25) is 0 Å². The maximum Gasteiger partial charge on any atom is 0.168 e. The van der Waals surface area contributed by atoms with Crippen LogP contribution in [-0.4, -0.2) is 14.5 Å². The zero-order chi connectivity index (χ0) is 16.1. The minimum Gasteiger partial charge on any atom is -0.486 e. The minimum atomic E-state index is -0.267. The lowest BCUT2D eigenvalue weighted by molar-refractivity contribution is 0.305. The molecule has 120 valence electrons. The Morgan fingerprint density at radius 1 is 1.30 bits per heavy atom. The number of imidazole rings is 1. The van der Waals surface area contributed by atoms with Gasteiger partial charge in [0.25, 0.3) is 0 Å². The maximum atomic E-state index is 12.8. The van der Waals surface area contributed by atoms with Crippen LogP contribution in [0.25, 0.3) is 0 Å². The van der Waals surface area contributed by atoms with Crippen molar-refractivity contribution in [3.8, 4) is 5.75 Å². The number of halogens is 1. The van der Waals surface area contributed by atoms with Crippen LogP contribution >= 0.6 is 23.1 Å². The van der Waals surface area contributed by atoms with E-state index < -0.39 is 0 Å². The summed E-state index contributed by atoms with van der Waals surface area (Å²) in [6.45, 7) is 3.40. The smallest absolute Gasteiger partial charge is 0.168 e. The molecule has 7 heteroatoms. The SMILES string of the molecule is CCn1ccnc1SCc1csc(COc2ccc(F)cc2)n1. The lowest BCUT2D eigenvalue weighted by Gasteiger charge is -2.03. The molecule has 0 saturated carbocycles. The third-order valence-electron chi connectivity index (χ3n) is 3.14. The lowest BCUT2D eigenvalue weighted by Crippen LogP contribution is -1.96. The van der Waals surface area contributed by atoms with E-state index in [1.165, 1.54) is 12.1 Å². The van der Waals surface area contributed by atoms with Crippen LogP contribution in [0.1, 0.15) is 17.6 Å².